The van der Waals surface area contributed by atoms with Crippen molar-refractivity contribution < 1.29 is 18.7 Å². The van der Waals surface area contributed by atoms with Crippen LogP contribution in [0.2, 0.25) is 0 Å². The number of carbonyl (C=O) groups is 1. The monoisotopic (exact) mass is 290 g/mol. The fourth-order valence-corrected chi connectivity index (χ4v) is 2.05. The van der Waals surface area contributed by atoms with Crippen LogP contribution in [-0.2, 0) is 9.53 Å². The van der Waals surface area contributed by atoms with Crippen LogP contribution >= 0.6 is 0 Å². The van der Waals surface area contributed by atoms with E-state index in [-0.39, 0.29) is 11.5 Å². The molecule has 1 amide bonds. The van der Waals surface area contributed by atoms with E-state index in [9.17, 15) is 14.4 Å². The summed E-state index contributed by atoms with van der Waals surface area (Å²) in [4.78, 5) is 13.8. The minimum Gasteiger partial charge on any atom is -0.496 e. The van der Waals surface area contributed by atoms with Gasteiger partial charge in [-0.2, -0.15) is 5.26 Å². The Labute approximate surface area is 122 Å². The van der Waals surface area contributed by atoms with E-state index < -0.39 is 5.82 Å². The van der Waals surface area contributed by atoms with Crippen molar-refractivity contribution in [3.63, 3.8) is 0 Å². The first-order valence-corrected chi connectivity index (χ1v) is 6.48. The number of hydrogen-bond acceptors (Lipinski definition) is 4. The number of nitrogens with zero attached hydrogens (tertiary/aromatic N) is 2. The number of nitriles is 1. The van der Waals surface area contributed by atoms with E-state index in [2.05, 4.69) is 0 Å². The summed E-state index contributed by atoms with van der Waals surface area (Å²) >= 11 is 0. The van der Waals surface area contributed by atoms with E-state index in [1.807, 2.05) is 6.07 Å². The zero-order valence-corrected chi connectivity index (χ0v) is 11.6. The maximum atomic E-state index is 13.3. The molecule has 0 unspecified atom stereocenters. The van der Waals surface area contributed by atoms with Crippen LogP contribution in [0.1, 0.15) is 5.56 Å². The van der Waals surface area contributed by atoms with Crippen LogP contribution < -0.4 is 4.74 Å². The van der Waals surface area contributed by atoms with Gasteiger partial charge in [0, 0.05) is 18.7 Å². The van der Waals surface area contributed by atoms with Crippen LogP contribution in [0.25, 0.3) is 6.08 Å². The van der Waals surface area contributed by atoms with Gasteiger partial charge in [0.25, 0.3) is 5.91 Å². The smallest absolute Gasteiger partial charge is 0.264 e. The number of ether oxygens (including phenoxy) is 2. The highest BCUT2D eigenvalue weighted by Gasteiger charge is 2.21. The van der Waals surface area contributed by atoms with Crippen molar-refractivity contribution in [3.8, 4) is 11.8 Å². The lowest BCUT2D eigenvalue weighted by Gasteiger charge is -2.26. The molecule has 1 aliphatic heterocycles. The fraction of sp³-hybridized carbons (Fsp3) is 0.333. The number of amides is 1. The molecule has 2 rings (SSSR count). The lowest BCUT2D eigenvalue weighted by Crippen LogP contribution is -2.41. The molecule has 1 aromatic carbocycles. The largest absolute Gasteiger partial charge is 0.496 e. The van der Waals surface area contributed by atoms with Gasteiger partial charge in [0.15, 0.2) is 0 Å². The summed E-state index contributed by atoms with van der Waals surface area (Å²) in [6.07, 6.45) is 1.35. The molecule has 0 spiro atoms. The highest BCUT2D eigenvalue weighted by molar-refractivity contribution is 6.02. The first kappa shape index (κ1) is 15.0. The number of carbonyl (C=O) groups excluding carboxylic acids is 1. The average molecular weight is 290 g/mol. The van der Waals surface area contributed by atoms with Crippen molar-refractivity contribution >= 4 is 12.0 Å². The molecule has 1 aliphatic rings. The first-order chi connectivity index (χ1) is 10.2. The Morgan fingerprint density at radius 2 is 2.19 bits per heavy atom. The van der Waals surface area contributed by atoms with E-state index >= 15 is 0 Å². The third-order valence-corrected chi connectivity index (χ3v) is 3.14. The van der Waals surface area contributed by atoms with Gasteiger partial charge < -0.3 is 14.4 Å². The second kappa shape index (κ2) is 6.86. The van der Waals surface area contributed by atoms with Gasteiger partial charge in [0.1, 0.15) is 23.2 Å². The van der Waals surface area contributed by atoms with Crippen molar-refractivity contribution in [2.45, 2.75) is 0 Å². The summed E-state index contributed by atoms with van der Waals surface area (Å²) in [5.41, 5.74) is 0.302. The standard InChI is InChI=1S/C15H15FN2O3/c1-20-14-3-2-13(16)9-11(14)8-12(10-17)15(19)18-4-6-21-7-5-18/h2-3,8-9H,4-7H2,1H3/b12-8+. The molecule has 1 heterocycles. The minimum absolute atomic E-state index is 0.0548. The van der Waals surface area contributed by atoms with Gasteiger partial charge in [-0.15, -0.1) is 0 Å². The van der Waals surface area contributed by atoms with Gasteiger partial charge in [0.2, 0.25) is 0 Å². The summed E-state index contributed by atoms with van der Waals surface area (Å²) in [7, 11) is 1.44. The van der Waals surface area contributed by atoms with E-state index in [1.54, 1.807) is 4.90 Å². The Bertz CT molecular complexity index is 601. The Kier molecular flexibility index (Phi) is 4.90. The Morgan fingerprint density at radius 3 is 2.81 bits per heavy atom. The molecule has 0 atom stereocenters. The number of morpholine rings is 1. The van der Waals surface area contributed by atoms with Crippen LogP contribution in [0.5, 0.6) is 5.75 Å². The molecule has 0 N–H and O–H groups in total. The van der Waals surface area contributed by atoms with Crippen molar-refractivity contribution in [1.82, 2.24) is 4.90 Å². The second-order valence-corrected chi connectivity index (χ2v) is 4.46. The third-order valence-electron chi connectivity index (χ3n) is 3.14. The molecule has 1 saturated heterocycles. The van der Waals surface area contributed by atoms with Crippen molar-refractivity contribution in [2.75, 3.05) is 33.4 Å². The molecule has 110 valence electrons. The number of methoxy groups -OCH3 is 1. The van der Waals surface area contributed by atoms with E-state index in [1.165, 1.54) is 31.4 Å². The van der Waals surface area contributed by atoms with E-state index in [0.717, 1.165) is 0 Å². The number of benzene rings is 1. The van der Waals surface area contributed by atoms with E-state index in [0.29, 0.717) is 37.6 Å². The molecular weight excluding hydrogens is 275 g/mol. The zero-order chi connectivity index (χ0) is 15.2. The molecule has 1 aromatic rings. The summed E-state index contributed by atoms with van der Waals surface area (Å²) in [5, 5.41) is 9.19. The molecule has 0 radical (unpaired) electrons. The molecule has 0 aliphatic carbocycles. The predicted octanol–water partition coefficient (Wildman–Crippen LogP) is 1.60. The highest BCUT2D eigenvalue weighted by Crippen LogP contribution is 2.22. The maximum absolute atomic E-state index is 13.3. The number of rotatable bonds is 3. The van der Waals surface area contributed by atoms with Gasteiger partial charge >= 0.3 is 0 Å². The van der Waals surface area contributed by atoms with Gasteiger partial charge in [0.05, 0.1) is 20.3 Å². The van der Waals surface area contributed by atoms with Crippen molar-refractivity contribution in [1.29, 1.82) is 5.26 Å². The van der Waals surface area contributed by atoms with Crippen molar-refractivity contribution in [2.24, 2.45) is 0 Å². The molecule has 0 saturated carbocycles. The predicted molar refractivity (Wildman–Crippen MR) is 73.9 cm³/mol. The molecule has 0 bridgehead atoms. The van der Waals surface area contributed by atoms with Gasteiger partial charge in [-0.3, -0.25) is 4.79 Å². The summed E-state index contributed by atoms with van der Waals surface area (Å²) in [5.74, 6) is -0.441. The number of halogens is 1. The van der Waals surface area contributed by atoms with Crippen LogP contribution in [-0.4, -0.2) is 44.2 Å². The third kappa shape index (κ3) is 3.58. The summed E-state index contributed by atoms with van der Waals surface area (Å²) in [6.45, 7) is 1.79. The van der Waals surface area contributed by atoms with E-state index in [4.69, 9.17) is 9.47 Å². The van der Waals surface area contributed by atoms with Crippen LogP contribution in [0, 0.1) is 17.1 Å². The second-order valence-electron chi connectivity index (χ2n) is 4.46. The minimum atomic E-state index is -0.460. The fourth-order valence-electron chi connectivity index (χ4n) is 2.05. The quantitative estimate of drug-likeness (QED) is 0.626. The van der Waals surface area contributed by atoms with Crippen molar-refractivity contribution in [3.05, 3.63) is 35.2 Å². The Morgan fingerprint density at radius 1 is 1.48 bits per heavy atom. The van der Waals surface area contributed by atoms with Crippen LogP contribution in [0.4, 0.5) is 4.39 Å². The van der Waals surface area contributed by atoms with Crippen LogP contribution in [0.3, 0.4) is 0 Å². The summed E-state index contributed by atoms with van der Waals surface area (Å²) < 4.78 is 23.6. The van der Waals surface area contributed by atoms with Gasteiger partial charge in [-0.25, -0.2) is 4.39 Å². The molecular formula is C15H15FN2O3. The van der Waals surface area contributed by atoms with Gasteiger partial charge in [-0.1, -0.05) is 0 Å². The molecule has 6 heteroatoms. The normalized spacial score (nSPS) is 15.5. The maximum Gasteiger partial charge on any atom is 0.264 e. The number of hydrogen-bond donors (Lipinski definition) is 0. The topological polar surface area (TPSA) is 62.6 Å². The molecule has 0 aromatic heterocycles. The average Bonchev–Trinajstić information content (AvgIpc) is 2.53. The molecule has 21 heavy (non-hydrogen) atoms. The molecule has 1 fully saturated rings. The SMILES string of the molecule is COc1ccc(F)cc1/C=C(\C#N)C(=O)N1CCOCC1. The lowest BCUT2D eigenvalue weighted by atomic mass is 10.1. The van der Waals surface area contributed by atoms with Crippen LogP contribution in [0.15, 0.2) is 23.8 Å². The Balaban J connectivity index is 2.30. The summed E-state index contributed by atoms with van der Waals surface area (Å²) in [6, 6.07) is 5.80. The molecule has 5 nitrogen and oxygen atoms in total. The zero-order valence-electron chi connectivity index (χ0n) is 11.6. The van der Waals surface area contributed by atoms with Gasteiger partial charge in [-0.05, 0) is 24.3 Å². The highest BCUT2D eigenvalue weighted by atomic mass is 19.1. The Hall–Kier alpha value is -2.39. The lowest BCUT2D eigenvalue weighted by molar-refractivity contribution is -0.130. The first-order valence-electron chi connectivity index (χ1n) is 6.48.